The van der Waals surface area contributed by atoms with E-state index in [9.17, 15) is 0 Å². The molecule has 2 unspecified atom stereocenters. The van der Waals surface area contributed by atoms with E-state index in [-0.39, 0.29) is 5.41 Å². The van der Waals surface area contributed by atoms with Crippen molar-refractivity contribution in [1.82, 2.24) is 4.57 Å². The Morgan fingerprint density at radius 3 is 2.09 bits per heavy atom. The van der Waals surface area contributed by atoms with E-state index in [2.05, 4.69) is 109 Å². The number of aromatic nitrogens is 2. The number of aryl methyl sites for hydroxylation is 1. The summed E-state index contributed by atoms with van der Waals surface area (Å²) in [6.45, 7) is 8.19. The van der Waals surface area contributed by atoms with Crippen LogP contribution in [0.25, 0.3) is 0 Å². The number of imidazole rings is 1. The van der Waals surface area contributed by atoms with Crippen molar-refractivity contribution >= 4 is 0 Å². The lowest BCUT2D eigenvalue weighted by Crippen LogP contribution is -2.38. The first kappa shape index (κ1) is 25.3. The summed E-state index contributed by atoms with van der Waals surface area (Å²) in [6.07, 6.45) is 19.7. The maximum Gasteiger partial charge on any atom is 0.244 e. The zero-order valence-corrected chi connectivity index (χ0v) is 21.3. The number of rotatable bonds is 15. The Balaban J connectivity index is 1.91. The Labute approximate surface area is 202 Å². The van der Waals surface area contributed by atoms with E-state index in [1.54, 1.807) is 0 Å². The van der Waals surface area contributed by atoms with Crippen LogP contribution < -0.4 is 4.57 Å². The van der Waals surface area contributed by atoms with Gasteiger partial charge < -0.3 is 0 Å². The van der Waals surface area contributed by atoms with Crippen LogP contribution in [0.1, 0.15) is 95.7 Å². The topological polar surface area (TPSA) is 8.81 Å². The number of benzene rings is 2. The SMILES string of the molecule is CCCCCCC(n1cc[n+](CCCCCC)c1)C(C)(Cc1ccccc1)c1ccccc1. The minimum Gasteiger partial charge on any atom is -0.237 e. The average molecular weight is 446 g/mol. The smallest absolute Gasteiger partial charge is 0.237 e. The molecule has 0 N–H and O–H groups in total. The lowest BCUT2D eigenvalue weighted by Gasteiger charge is -2.37. The second kappa shape index (κ2) is 13.4. The molecule has 1 aromatic heterocycles. The highest BCUT2D eigenvalue weighted by atomic mass is 15.1. The summed E-state index contributed by atoms with van der Waals surface area (Å²) in [5.74, 6) is 0. The Morgan fingerprint density at radius 1 is 0.788 bits per heavy atom. The first-order valence-electron chi connectivity index (χ1n) is 13.3. The molecule has 0 aliphatic rings. The molecule has 2 atom stereocenters. The average Bonchev–Trinajstić information content (AvgIpc) is 3.31. The van der Waals surface area contributed by atoms with Gasteiger partial charge >= 0.3 is 0 Å². The Kier molecular flexibility index (Phi) is 10.2. The van der Waals surface area contributed by atoms with Gasteiger partial charge in [0.25, 0.3) is 0 Å². The van der Waals surface area contributed by atoms with Crippen LogP contribution in [0.15, 0.2) is 79.4 Å². The molecule has 0 saturated carbocycles. The van der Waals surface area contributed by atoms with E-state index in [4.69, 9.17) is 0 Å². The fraction of sp³-hybridized carbons (Fsp3) is 0.516. The van der Waals surface area contributed by atoms with Crippen LogP contribution in [-0.2, 0) is 18.4 Å². The minimum absolute atomic E-state index is 0.0217. The van der Waals surface area contributed by atoms with Gasteiger partial charge in [0.2, 0.25) is 6.33 Å². The molecule has 0 bridgehead atoms. The number of hydrogen-bond acceptors (Lipinski definition) is 0. The molecule has 0 amide bonds. The molecule has 3 rings (SSSR count). The summed E-state index contributed by atoms with van der Waals surface area (Å²) >= 11 is 0. The van der Waals surface area contributed by atoms with Crippen LogP contribution in [0.5, 0.6) is 0 Å². The number of nitrogens with zero attached hydrogens (tertiary/aromatic N) is 2. The lowest BCUT2D eigenvalue weighted by molar-refractivity contribution is -0.697. The third-order valence-corrected chi connectivity index (χ3v) is 7.26. The van der Waals surface area contributed by atoms with Crippen molar-refractivity contribution in [3.8, 4) is 0 Å². The van der Waals surface area contributed by atoms with Gasteiger partial charge in [0, 0.05) is 5.41 Å². The van der Waals surface area contributed by atoms with Gasteiger partial charge in [-0.15, -0.1) is 0 Å². The number of hydrogen-bond donors (Lipinski definition) is 0. The van der Waals surface area contributed by atoms with Gasteiger partial charge in [-0.05, 0) is 43.2 Å². The van der Waals surface area contributed by atoms with E-state index in [1.807, 2.05) is 0 Å². The van der Waals surface area contributed by atoms with Crippen LogP contribution in [0.3, 0.4) is 0 Å². The predicted molar refractivity (Wildman–Crippen MR) is 141 cm³/mol. The van der Waals surface area contributed by atoms with E-state index >= 15 is 0 Å². The molecule has 0 saturated heterocycles. The first-order chi connectivity index (χ1) is 16.2. The largest absolute Gasteiger partial charge is 0.244 e. The summed E-state index contributed by atoms with van der Waals surface area (Å²) in [6, 6.07) is 22.7. The van der Waals surface area contributed by atoms with Crippen LogP contribution in [0.4, 0.5) is 0 Å². The molecule has 1 heterocycles. The summed E-state index contributed by atoms with van der Waals surface area (Å²) in [4.78, 5) is 0. The second-order valence-corrected chi connectivity index (χ2v) is 9.97. The molecule has 0 radical (unpaired) electrons. The van der Waals surface area contributed by atoms with Crippen LogP contribution >= 0.6 is 0 Å². The molecule has 3 aromatic rings. The van der Waals surface area contributed by atoms with Crippen molar-refractivity contribution in [2.75, 3.05) is 0 Å². The van der Waals surface area contributed by atoms with Gasteiger partial charge in [0.1, 0.15) is 18.4 Å². The summed E-state index contributed by atoms with van der Waals surface area (Å²) in [5.41, 5.74) is 2.88. The number of unbranched alkanes of at least 4 members (excludes halogenated alkanes) is 6. The zero-order valence-electron chi connectivity index (χ0n) is 21.3. The molecule has 178 valence electrons. The van der Waals surface area contributed by atoms with E-state index in [0.717, 1.165) is 13.0 Å². The molecule has 33 heavy (non-hydrogen) atoms. The highest BCUT2D eigenvalue weighted by Crippen LogP contribution is 2.41. The molecule has 0 spiro atoms. The van der Waals surface area contributed by atoms with Crippen molar-refractivity contribution < 1.29 is 4.57 Å². The monoisotopic (exact) mass is 445 g/mol. The van der Waals surface area contributed by atoms with Crippen molar-refractivity contribution in [1.29, 1.82) is 0 Å². The van der Waals surface area contributed by atoms with Crippen LogP contribution in [0, 0.1) is 0 Å². The van der Waals surface area contributed by atoms with Crippen LogP contribution in [0.2, 0.25) is 0 Å². The van der Waals surface area contributed by atoms with Crippen molar-refractivity contribution in [2.45, 2.75) is 103 Å². The third-order valence-electron chi connectivity index (χ3n) is 7.26. The Bertz CT molecular complexity index is 899. The highest BCUT2D eigenvalue weighted by molar-refractivity contribution is 5.30. The highest BCUT2D eigenvalue weighted by Gasteiger charge is 2.40. The van der Waals surface area contributed by atoms with Gasteiger partial charge in [-0.25, -0.2) is 9.13 Å². The third kappa shape index (κ3) is 7.32. The van der Waals surface area contributed by atoms with Crippen molar-refractivity contribution in [3.05, 3.63) is 90.5 Å². The normalized spacial score (nSPS) is 14.2. The fourth-order valence-electron chi connectivity index (χ4n) is 5.26. The Morgan fingerprint density at radius 2 is 1.42 bits per heavy atom. The van der Waals surface area contributed by atoms with Crippen molar-refractivity contribution in [2.24, 2.45) is 0 Å². The summed E-state index contributed by atoms with van der Waals surface area (Å²) < 4.78 is 4.93. The van der Waals surface area contributed by atoms with Gasteiger partial charge in [0.15, 0.2) is 0 Å². The fourth-order valence-corrected chi connectivity index (χ4v) is 5.26. The predicted octanol–water partition coefficient (Wildman–Crippen LogP) is 8.07. The maximum atomic E-state index is 2.53. The van der Waals surface area contributed by atoms with Crippen LogP contribution in [-0.4, -0.2) is 4.57 Å². The molecule has 0 aliphatic carbocycles. The first-order valence-corrected chi connectivity index (χ1v) is 13.3. The van der Waals surface area contributed by atoms with E-state index in [1.165, 1.54) is 68.9 Å². The lowest BCUT2D eigenvalue weighted by atomic mass is 9.70. The summed E-state index contributed by atoms with van der Waals surface area (Å²) in [7, 11) is 0. The molecule has 2 heteroatoms. The molecular formula is C31H45N2+. The van der Waals surface area contributed by atoms with Gasteiger partial charge in [0.05, 0.1) is 6.54 Å². The summed E-state index contributed by atoms with van der Waals surface area (Å²) in [5, 5.41) is 0. The van der Waals surface area contributed by atoms with Gasteiger partial charge in [-0.2, -0.15) is 0 Å². The standard InChI is InChI=1S/C31H45N2/c1-4-6-8-16-22-30(33-25-24-32(27-33)23-17-9-7-5-2)31(3,29-20-14-11-15-21-29)26-28-18-12-10-13-19-28/h10-15,18-21,24-25,27,30H,4-9,16-17,22-23,26H2,1-3H3/q+1. The Hall–Kier alpha value is -2.35. The molecular weight excluding hydrogens is 400 g/mol. The van der Waals surface area contributed by atoms with Gasteiger partial charge in [-0.3, -0.25) is 0 Å². The maximum absolute atomic E-state index is 2.53. The molecule has 0 aliphatic heterocycles. The zero-order chi connectivity index (χ0) is 23.4. The second-order valence-electron chi connectivity index (χ2n) is 9.97. The van der Waals surface area contributed by atoms with E-state index < -0.39 is 0 Å². The molecule has 2 aromatic carbocycles. The minimum atomic E-state index is 0.0217. The van der Waals surface area contributed by atoms with Gasteiger partial charge in [-0.1, -0.05) is 114 Å². The molecule has 2 nitrogen and oxygen atoms in total. The van der Waals surface area contributed by atoms with Crippen molar-refractivity contribution in [3.63, 3.8) is 0 Å². The quantitative estimate of drug-likeness (QED) is 0.165. The molecule has 0 fully saturated rings. The van der Waals surface area contributed by atoms with E-state index in [0.29, 0.717) is 6.04 Å².